The maximum absolute atomic E-state index is 13.2. The number of nitrogens with zero attached hydrogens (tertiary/aromatic N) is 3. The van der Waals surface area contributed by atoms with E-state index in [-0.39, 0.29) is 17.2 Å². The summed E-state index contributed by atoms with van der Waals surface area (Å²) in [5, 5.41) is 1.42. The summed E-state index contributed by atoms with van der Waals surface area (Å²) in [5.74, 6) is 0.210. The molecular weight excluding hydrogens is 394 g/mol. The van der Waals surface area contributed by atoms with E-state index in [9.17, 15) is 9.59 Å². The Morgan fingerprint density at radius 1 is 1.18 bits per heavy atom. The highest BCUT2D eigenvalue weighted by Gasteiger charge is 2.17. The predicted molar refractivity (Wildman–Crippen MR) is 116 cm³/mol. The second kappa shape index (κ2) is 9.26. The van der Waals surface area contributed by atoms with Crippen molar-refractivity contribution in [2.24, 2.45) is 0 Å². The zero-order valence-electron chi connectivity index (χ0n) is 15.9. The molecule has 1 amide bonds. The Morgan fingerprint density at radius 2 is 1.89 bits per heavy atom. The van der Waals surface area contributed by atoms with Crippen molar-refractivity contribution >= 4 is 40.2 Å². The lowest BCUT2D eigenvalue weighted by Gasteiger charge is -2.18. The molecule has 1 heterocycles. The first-order valence-corrected chi connectivity index (χ1v) is 10.5. The second-order valence-corrected chi connectivity index (χ2v) is 7.81. The Morgan fingerprint density at radius 3 is 2.64 bits per heavy atom. The Labute approximate surface area is 173 Å². The average molecular weight is 416 g/mol. The van der Waals surface area contributed by atoms with Gasteiger partial charge in [-0.2, -0.15) is 0 Å². The monoisotopic (exact) mass is 415 g/mol. The van der Waals surface area contributed by atoms with Crippen LogP contribution in [-0.2, 0) is 4.79 Å². The number of para-hydroxylation sites is 2. The molecule has 7 heteroatoms. The molecule has 0 spiro atoms. The van der Waals surface area contributed by atoms with Crippen LogP contribution in [0.4, 0.5) is 0 Å². The molecular formula is C21H22ClN3O2S. The van der Waals surface area contributed by atoms with E-state index in [1.54, 1.807) is 42.3 Å². The van der Waals surface area contributed by atoms with Gasteiger partial charge in [0.05, 0.1) is 27.4 Å². The van der Waals surface area contributed by atoms with Gasteiger partial charge in [0.2, 0.25) is 5.91 Å². The van der Waals surface area contributed by atoms with Crippen LogP contribution in [0.5, 0.6) is 0 Å². The van der Waals surface area contributed by atoms with Crippen molar-refractivity contribution in [3.05, 3.63) is 63.9 Å². The van der Waals surface area contributed by atoms with Gasteiger partial charge in [-0.1, -0.05) is 61.0 Å². The first-order valence-electron chi connectivity index (χ1n) is 9.16. The summed E-state index contributed by atoms with van der Waals surface area (Å²) >= 11 is 7.60. The number of benzene rings is 2. The third kappa shape index (κ3) is 4.39. The molecule has 1 aromatic heterocycles. The minimum Gasteiger partial charge on any atom is -0.345 e. The number of unbranched alkanes of at least 4 members (excludes halogenated alkanes) is 1. The first-order chi connectivity index (χ1) is 13.5. The average Bonchev–Trinajstić information content (AvgIpc) is 2.71. The van der Waals surface area contributed by atoms with E-state index >= 15 is 0 Å². The predicted octanol–water partition coefficient (Wildman–Crippen LogP) is 4.39. The number of halogens is 1. The number of amides is 1. The van der Waals surface area contributed by atoms with E-state index in [2.05, 4.69) is 11.9 Å². The van der Waals surface area contributed by atoms with Gasteiger partial charge in [-0.3, -0.25) is 14.2 Å². The van der Waals surface area contributed by atoms with Crippen molar-refractivity contribution in [3.63, 3.8) is 0 Å². The zero-order valence-corrected chi connectivity index (χ0v) is 17.5. The molecule has 0 aliphatic heterocycles. The molecule has 28 heavy (non-hydrogen) atoms. The topological polar surface area (TPSA) is 55.2 Å². The highest BCUT2D eigenvalue weighted by Crippen LogP contribution is 2.25. The number of hydrogen-bond acceptors (Lipinski definition) is 4. The number of hydrogen-bond donors (Lipinski definition) is 0. The summed E-state index contributed by atoms with van der Waals surface area (Å²) in [4.78, 5) is 32.0. The van der Waals surface area contributed by atoms with Crippen LogP contribution in [0.3, 0.4) is 0 Å². The number of carbonyl (C=O) groups excluding carboxylic acids is 1. The van der Waals surface area contributed by atoms with Gasteiger partial charge in [0.1, 0.15) is 0 Å². The van der Waals surface area contributed by atoms with Crippen LogP contribution in [0.2, 0.25) is 5.02 Å². The smallest absolute Gasteiger partial charge is 0.266 e. The molecule has 3 rings (SSSR count). The van der Waals surface area contributed by atoms with E-state index in [4.69, 9.17) is 11.6 Å². The van der Waals surface area contributed by atoms with Crippen molar-refractivity contribution in [2.75, 3.05) is 19.3 Å². The van der Waals surface area contributed by atoms with Gasteiger partial charge >= 0.3 is 0 Å². The Hall–Kier alpha value is -2.31. The molecule has 3 aromatic rings. The van der Waals surface area contributed by atoms with Gasteiger partial charge < -0.3 is 4.90 Å². The fraction of sp³-hybridized carbons (Fsp3) is 0.286. The van der Waals surface area contributed by atoms with E-state index in [0.29, 0.717) is 26.8 Å². The van der Waals surface area contributed by atoms with Gasteiger partial charge in [-0.05, 0) is 30.7 Å². The molecule has 0 atom stereocenters. The molecule has 0 aliphatic carbocycles. The van der Waals surface area contributed by atoms with E-state index in [1.165, 1.54) is 16.3 Å². The van der Waals surface area contributed by atoms with Gasteiger partial charge in [-0.25, -0.2) is 4.98 Å². The van der Waals surface area contributed by atoms with E-state index < -0.39 is 0 Å². The van der Waals surface area contributed by atoms with Crippen molar-refractivity contribution in [1.29, 1.82) is 0 Å². The fourth-order valence-electron chi connectivity index (χ4n) is 2.81. The molecule has 146 valence electrons. The van der Waals surface area contributed by atoms with Gasteiger partial charge in [-0.15, -0.1) is 0 Å². The third-order valence-corrected chi connectivity index (χ3v) is 5.68. The highest BCUT2D eigenvalue weighted by atomic mass is 35.5. The molecule has 0 radical (unpaired) electrons. The molecule has 2 aromatic carbocycles. The summed E-state index contributed by atoms with van der Waals surface area (Å²) in [6.07, 6.45) is 1.99. The molecule has 0 aliphatic rings. The molecule has 0 N–H and O–H groups in total. The lowest BCUT2D eigenvalue weighted by atomic mass is 10.2. The zero-order chi connectivity index (χ0) is 20.1. The van der Waals surface area contributed by atoms with Crippen molar-refractivity contribution in [1.82, 2.24) is 14.5 Å². The highest BCUT2D eigenvalue weighted by molar-refractivity contribution is 7.99. The number of rotatable bonds is 7. The lowest BCUT2D eigenvalue weighted by Crippen LogP contribution is -2.30. The second-order valence-electron chi connectivity index (χ2n) is 6.46. The summed E-state index contributed by atoms with van der Waals surface area (Å²) < 4.78 is 1.49. The molecule has 0 saturated heterocycles. The van der Waals surface area contributed by atoms with Crippen LogP contribution in [0.1, 0.15) is 19.8 Å². The summed E-state index contributed by atoms with van der Waals surface area (Å²) in [6, 6.07) is 14.3. The van der Waals surface area contributed by atoms with Gasteiger partial charge in [0.15, 0.2) is 5.16 Å². The quantitative estimate of drug-likeness (QED) is 0.424. The number of carbonyl (C=O) groups is 1. The van der Waals surface area contributed by atoms with E-state index in [0.717, 1.165) is 19.4 Å². The van der Waals surface area contributed by atoms with Crippen molar-refractivity contribution < 1.29 is 4.79 Å². The largest absolute Gasteiger partial charge is 0.345 e. The summed E-state index contributed by atoms with van der Waals surface area (Å²) in [5.41, 5.74) is 0.958. The Bertz CT molecular complexity index is 1050. The van der Waals surface area contributed by atoms with Crippen LogP contribution in [0.15, 0.2) is 58.5 Å². The molecule has 0 fully saturated rings. The number of thioether (sulfide) groups is 1. The minimum atomic E-state index is -0.201. The lowest BCUT2D eigenvalue weighted by molar-refractivity contribution is -0.127. The van der Waals surface area contributed by atoms with Crippen LogP contribution >= 0.6 is 23.4 Å². The standard InChI is InChI=1S/C21H22ClN3O2S/c1-3-4-13-24(2)19(26)14-28-21-23-17-11-7-5-9-15(17)20(27)25(21)18-12-8-6-10-16(18)22/h5-12H,3-4,13-14H2,1-2H3. The number of fused-ring (bicyclic) bond motifs is 1. The summed E-state index contributed by atoms with van der Waals surface area (Å²) in [6.45, 7) is 2.81. The molecule has 0 saturated carbocycles. The first kappa shape index (κ1) is 20.4. The maximum Gasteiger partial charge on any atom is 0.266 e. The number of aromatic nitrogens is 2. The van der Waals surface area contributed by atoms with Crippen molar-refractivity contribution in [3.8, 4) is 5.69 Å². The van der Waals surface area contributed by atoms with Crippen LogP contribution in [-0.4, -0.2) is 39.7 Å². The molecule has 5 nitrogen and oxygen atoms in total. The Balaban J connectivity index is 2.01. The SMILES string of the molecule is CCCCN(C)C(=O)CSc1nc2ccccc2c(=O)n1-c1ccccc1Cl. The van der Waals surface area contributed by atoms with Gasteiger partial charge in [0, 0.05) is 13.6 Å². The van der Waals surface area contributed by atoms with Crippen LogP contribution in [0.25, 0.3) is 16.6 Å². The molecule has 0 bridgehead atoms. The van der Waals surface area contributed by atoms with Gasteiger partial charge in [0.25, 0.3) is 5.56 Å². The summed E-state index contributed by atoms with van der Waals surface area (Å²) in [7, 11) is 1.80. The van der Waals surface area contributed by atoms with Crippen LogP contribution < -0.4 is 5.56 Å². The van der Waals surface area contributed by atoms with Crippen LogP contribution in [0, 0.1) is 0 Å². The minimum absolute atomic E-state index is 0.00608. The van der Waals surface area contributed by atoms with Crippen molar-refractivity contribution in [2.45, 2.75) is 24.9 Å². The Kier molecular flexibility index (Phi) is 6.75. The fourth-order valence-corrected chi connectivity index (χ4v) is 3.98. The molecule has 0 unspecified atom stereocenters. The third-order valence-electron chi connectivity index (χ3n) is 4.44. The normalized spacial score (nSPS) is 11.0. The van der Waals surface area contributed by atoms with E-state index in [1.807, 2.05) is 18.2 Å². The maximum atomic E-state index is 13.2.